The summed E-state index contributed by atoms with van der Waals surface area (Å²) in [6.07, 6.45) is 12.3. The number of rotatable bonds is 6. The molecule has 45 heavy (non-hydrogen) atoms. The average Bonchev–Trinajstić information content (AvgIpc) is 3.44. The number of para-hydroxylation sites is 1. The molecule has 0 unspecified atom stereocenters. The monoisotopic (exact) mass is 602 g/mol. The quantitative estimate of drug-likeness (QED) is 0.291. The molecule has 228 valence electrons. The molecular formula is C35H35FN8O. The van der Waals surface area contributed by atoms with Crippen molar-refractivity contribution in [3.05, 3.63) is 89.3 Å². The summed E-state index contributed by atoms with van der Waals surface area (Å²) in [5.74, 6) is 1.12. The number of imidazole rings is 1. The van der Waals surface area contributed by atoms with Gasteiger partial charge in [0, 0.05) is 67.1 Å². The molecule has 2 aromatic carbocycles. The first-order valence-corrected chi connectivity index (χ1v) is 15.8. The Hall–Kier alpha value is -4.67. The third-order valence-electron chi connectivity index (χ3n) is 8.95. The molecule has 0 amide bonds. The fourth-order valence-electron chi connectivity index (χ4n) is 6.65. The molecule has 0 saturated carbocycles. The highest BCUT2D eigenvalue weighted by atomic mass is 19.1. The lowest BCUT2D eigenvalue weighted by atomic mass is 10.0. The number of piperidine rings is 1. The Bertz CT molecular complexity index is 1880. The molecular weight excluding hydrogens is 567 g/mol. The molecule has 10 heteroatoms. The zero-order chi connectivity index (χ0) is 30.2. The maximum absolute atomic E-state index is 14.9. The number of H-pyrrole nitrogens is 1. The summed E-state index contributed by atoms with van der Waals surface area (Å²) < 4.78 is 20.4. The number of morpholine rings is 1. The molecule has 2 N–H and O–H groups in total. The van der Waals surface area contributed by atoms with Crippen LogP contribution in [0.5, 0.6) is 0 Å². The average molecular weight is 603 g/mol. The Labute approximate surface area is 261 Å². The van der Waals surface area contributed by atoms with Gasteiger partial charge in [-0.05, 0) is 79.0 Å². The van der Waals surface area contributed by atoms with Crippen LogP contribution in [0, 0.1) is 5.82 Å². The first-order chi connectivity index (χ1) is 22.2. The summed E-state index contributed by atoms with van der Waals surface area (Å²) >= 11 is 0. The van der Waals surface area contributed by atoms with E-state index in [9.17, 15) is 4.39 Å². The summed E-state index contributed by atoms with van der Waals surface area (Å²) in [5.41, 5.74) is 12.4. The summed E-state index contributed by atoms with van der Waals surface area (Å²) in [7, 11) is 0. The molecule has 8 rings (SSSR count). The maximum Gasteiger partial charge on any atom is 0.156 e. The van der Waals surface area contributed by atoms with Crippen LogP contribution in [0.2, 0.25) is 0 Å². The zero-order valence-electron chi connectivity index (χ0n) is 25.1. The van der Waals surface area contributed by atoms with E-state index in [1.54, 1.807) is 12.1 Å². The van der Waals surface area contributed by atoms with Crippen LogP contribution in [-0.4, -0.2) is 71.3 Å². The highest BCUT2D eigenvalue weighted by Crippen LogP contribution is 2.34. The summed E-state index contributed by atoms with van der Waals surface area (Å²) in [6, 6.07) is 13.4. The number of fused-ring (bicyclic) bond motifs is 3. The smallest absolute Gasteiger partial charge is 0.156 e. The Morgan fingerprint density at radius 2 is 1.82 bits per heavy atom. The zero-order valence-corrected chi connectivity index (χ0v) is 25.1. The topological polar surface area (TPSA) is 94.0 Å². The molecule has 0 atom stereocenters. The number of pyridine rings is 1. The third-order valence-corrected chi connectivity index (χ3v) is 8.95. The van der Waals surface area contributed by atoms with Gasteiger partial charge in [-0.3, -0.25) is 15.3 Å². The van der Waals surface area contributed by atoms with Crippen molar-refractivity contribution in [2.45, 2.75) is 32.2 Å². The van der Waals surface area contributed by atoms with Gasteiger partial charge < -0.3 is 14.6 Å². The fraction of sp³-hybridized carbons (Fsp3) is 0.314. The minimum atomic E-state index is -0.270. The first-order valence-electron chi connectivity index (χ1n) is 15.8. The van der Waals surface area contributed by atoms with Crippen molar-refractivity contribution < 1.29 is 9.13 Å². The van der Waals surface area contributed by atoms with E-state index in [0.717, 1.165) is 83.0 Å². The second-order valence-electron chi connectivity index (χ2n) is 12.1. The van der Waals surface area contributed by atoms with Gasteiger partial charge in [-0.1, -0.05) is 18.6 Å². The number of aromatic amines is 1. The lowest BCUT2D eigenvalue weighted by Crippen LogP contribution is -2.36. The summed E-state index contributed by atoms with van der Waals surface area (Å²) in [4.78, 5) is 22.5. The SMILES string of the molecule is Fc1cc(-c2cccc3[nH]c(C4=C5C=C(c6cncc(CN7CCCCC7)c6)C=NC(=NN4)C5)nc23)cc(N2CCOCC2)c1. The van der Waals surface area contributed by atoms with Gasteiger partial charge in [0.1, 0.15) is 11.5 Å². The van der Waals surface area contributed by atoms with Crippen molar-refractivity contribution in [1.29, 1.82) is 0 Å². The Balaban J connectivity index is 1.14. The molecule has 0 radical (unpaired) electrons. The van der Waals surface area contributed by atoms with Crippen LogP contribution in [-0.2, 0) is 11.3 Å². The van der Waals surface area contributed by atoms with Crippen LogP contribution in [0.4, 0.5) is 10.1 Å². The normalized spacial score (nSPS) is 18.9. The minimum Gasteiger partial charge on any atom is -0.378 e. The van der Waals surface area contributed by atoms with Gasteiger partial charge in [-0.25, -0.2) is 14.4 Å². The number of anilines is 1. The second kappa shape index (κ2) is 12.0. The number of hydrogen-bond acceptors (Lipinski definition) is 8. The van der Waals surface area contributed by atoms with Crippen molar-refractivity contribution in [3.63, 3.8) is 0 Å². The van der Waals surface area contributed by atoms with Gasteiger partial charge in [0.2, 0.25) is 0 Å². The number of ether oxygens (including phenoxy) is 1. The number of nitrogens with one attached hydrogen (secondary N) is 2. The molecule has 2 bridgehead atoms. The molecule has 2 fully saturated rings. The van der Waals surface area contributed by atoms with Crippen LogP contribution in [0.3, 0.4) is 0 Å². The van der Waals surface area contributed by atoms with Crippen molar-refractivity contribution >= 4 is 40.0 Å². The highest BCUT2D eigenvalue weighted by molar-refractivity contribution is 6.16. The van der Waals surface area contributed by atoms with Gasteiger partial charge in [-0.2, -0.15) is 5.10 Å². The number of nitrogens with zero attached hydrogens (tertiary/aromatic N) is 6. The van der Waals surface area contributed by atoms with E-state index in [0.29, 0.717) is 31.3 Å². The largest absolute Gasteiger partial charge is 0.378 e. The standard InChI is InChI=1S/C35H35FN8O/c36-28-15-24(16-29(18-28)44-9-11-45-12-10-44)30-5-4-6-31-34(30)40-35(39-31)33-25-14-27(21-38-32(17-25)41-42-33)26-13-23(19-37-20-26)22-43-7-2-1-3-8-43/h4-6,13-16,18-21,42H,1-3,7-12,17,22H2,(H,39,40). The molecule has 0 spiro atoms. The molecule has 0 aliphatic carbocycles. The number of aromatic nitrogens is 3. The molecule has 4 aromatic rings. The van der Waals surface area contributed by atoms with Crippen LogP contribution >= 0.6 is 0 Å². The van der Waals surface area contributed by atoms with Gasteiger partial charge in [-0.15, -0.1) is 0 Å². The molecule has 2 saturated heterocycles. The van der Waals surface area contributed by atoms with E-state index in [-0.39, 0.29) is 5.82 Å². The number of hydrogen-bond donors (Lipinski definition) is 2. The predicted molar refractivity (Wildman–Crippen MR) is 176 cm³/mol. The summed E-state index contributed by atoms with van der Waals surface area (Å²) in [5, 5.41) is 4.55. The number of halogens is 1. The minimum absolute atomic E-state index is 0.270. The number of amidine groups is 1. The van der Waals surface area contributed by atoms with Crippen molar-refractivity contribution in [1.82, 2.24) is 25.3 Å². The van der Waals surface area contributed by atoms with Crippen LogP contribution in [0.25, 0.3) is 33.4 Å². The lowest BCUT2D eigenvalue weighted by molar-refractivity contribution is 0.122. The second-order valence-corrected chi connectivity index (χ2v) is 12.1. The molecule has 6 heterocycles. The van der Waals surface area contributed by atoms with E-state index in [1.807, 2.05) is 42.9 Å². The van der Waals surface area contributed by atoms with Crippen LogP contribution < -0.4 is 10.3 Å². The number of aliphatic imine (C=N–C) groups is 1. The van der Waals surface area contributed by atoms with Gasteiger partial charge in [0.25, 0.3) is 0 Å². The molecule has 9 nitrogen and oxygen atoms in total. The number of benzene rings is 2. The van der Waals surface area contributed by atoms with E-state index < -0.39 is 0 Å². The van der Waals surface area contributed by atoms with E-state index >= 15 is 0 Å². The Morgan fingerprint density at radius 1 is 0.933 bits per heavy atom. The number of allylic oxidation sites excluding steroid dienone is 2. The van der Waals surface area contributed by atoms with Gasteiger partial charge in [0.15, 0.2) is 11.7 Å². The molecule has 4 aliphatic rings. The highest BCUT2D eigenvalue weighted by Gasteiger charge is 2.23. The lowest BCUT2D eigenvalue weighted by Gasteiger charge is -2.29. The predicted octanol–water partition coefficient (Wildman–Crippen LogP) is 5.77. The number of hydrazone groups is 1. The van der Waals surface area contributed by atoms with Gasteiger partial charge in [0.05, 0.1) is 24.2 Å². The fourth-order valence-corrected chi connectivity index (χ4v) is 6.65. The Kier molecular flexibility index (Phi) is 7.44. The van der Waals surface area contributed by atoms with Crippen molar-refractivity contribution in [2.75, 3.05) is 44.3 Å². The van der Waals surface area contributed by atoms with Crippen molar-refractivity contribution in [2.24, 2.45) is 10.1 Å². The van der Waals surface area contributed by atoms with E-state index in [2.05, 4.69) is 47.4 Å². The summed E-state index contributed by atoms with van der Waals surface area (Å²) in [6.45, 7) is 5.95. The van der Waals surface area contributed by atoms with Crippen molar-refractivity contribution in [3.8, 4) is 11.1 Å². The maximum atomic E-state index is 14.9. The van der Waals surface area contributed by atoms with Gasteiger partial charge >= 0.3 is 0 Å². The molecule has 4 aliphatic heterocycles. The Morgan fingerprint density at radius 3 is 2.71 bits per heavy atom. The third kappa shape index (κ3) is 5.79. The van der Waals surface area contributed by atoms with Crippen LogP contribution in [0.1, 0.15) is 42.6 Å². The van der Waals surface area contributed by atoms with E-state index in [4.69, 9.17) is 9.72 Å². The number of likely N-dealkylation sites (tertiary alicyclic amines) is 1. The molecule has 2 aromatic heterocycles. The van der Waals surface area contributed by atoms with E-state index in [1.165, 1.54) is 24.8 Å². The van der Waals surface area contributed by atoms with Crippen LogP contribution in [0.15, 0.2) is 76.6 Å². The first kappa shape index (κ1) is 27.8.